The van der Waals surface area contributed by atoms with Crippen molar-refractivity contribution >= 4 is 28.5 Å². The minimum Gasteiger partial charge on any atom is -0.497 e. The summed E-state index contributed by atoms with van der Waals surface area (Å²) in [4.78, 5) is 8.83. The van der Waals surface area contributed by atoms with Gasteiger partial charge in [-0.1, -0.05) is 0 Å². The predicted molar refractivity (Wildman–Crippen MR) is 82.1 cm³/mol. The van der Waals surface area contributed by atoms with Crippen molar-refractivity contribution in [1.29, 1.82) is 0 Å². The number of benzene rings is 1. The minimum absolute atomic E-state index is 0.560. The van der Waals surface area contributed by atoms with Crippen LogP contribution in [0.3, 0.4) is 0 Å². The highest BCUT2D eigenvalue weighted by molar-refractivity contribution is 5.89. The molecule has 21 heavy (non-hydrogen) atoms. The molecule has 0 aliphatic heterocycles. The Balaban J connectivity index is 1.95. The van der Waals surface area contributed by atoms with Gasteiger partial charge in [0.15, 0.2) is 5.65 Å². The van der Waals surface area contributed by atoms with Gasteiger partial charge in [0, 0.05) is 12.2 Å². The van der Waals surface area contributed by atoms with Crippen LogP contribution in [0, 0.1) is 0 Å². The average Bonchev–Trinajstić information content (AvgIpc) is 2.97. The van der Waals surface area contributed by atoms with Crippen molar-refractivity contribution in [2.75, 3.05) is 24.3 Å². The first-order valence-corrected chi connectivity index (χ1v) is 6.66. The van der Waals surface area contributed by atoms with Gasteiger partial charge in [0.1, 0.15) is 11.6 Å². The van der Waals surface area contributed by atoms with E-state index in [-0.39, 0.29) is 0 Å². The number of methoxy groups -OCH3 is 1. The molecule has 0 spiro atoms. The number of aromatic amines is 1. The highest BCUT2D eigenvalue weighted by atomic mass is 16.5. The van der Waals surface area contributed by atoms with Crippen LogP contribution >= 0.6 is 0 Å². The molecule has 7 heteroatoms. The number of hydrogen-bond acceptors (Lipinski definition) is 6. The molecule has 0 saturated heterocycles. The fourth-order valence-corrected chi connectivity index (χ4v) is 1.98. The van der Waals surface area contributed by atoms with Gasteiger partial charge in [0.05, 0.1) is 18.7 Å². The molecule has 0 fully saturated rings. The molecule has 3 aromatic rings. The molecule has 0 aliphatic carbocycles. The fraction of sp³-hybridized carbons (Fsp3) is 0.214. The molecule has 0 amide bonds. The van der Waals surface area contributed by atoms with Crippen LogP contribution in [0.4, 0.5) is 17.5 Å². The lowest BCUT2D eigenvalue weighted by Crippen LogP contribution is -2.04. The topological polar surface area (TPSA) is 87.8 Å². The molecule has 3 N–H and O–H groups in total. The average molecular weight is 284 g/mol. The summed E-state index contributed by atoms with van der Waals surface area (Å²) in [5.74, 6) is 2.07. The van der Waals surface area contributed by atoms with Gasteiger partial charge in [-0.2, -0.15) is 15.1 Å². The summed E-state index contributed by atoms with van der Waals surface area (Å²) in [5, 5.41) is 14.1. The molecular weight excluding hydrogens is 268 g/mol. The number of nitrogens with zero attached hydrogens (tertiary/aromatic N) is 3. The van der Waals surface area contributed by atoms with Crippen LogP contribution < -0.4 is 15.4 Å². The Morgan fingerprint density at radius 1 is 1.19 bits per heavy atom. The van der Waals surface area contributed by atoms with Crippen molar-refractivity contribution < 1.29 is 4.74 Å². The number of fused-ring (bicyclic) bond motifs is 1. The van der Waals surface area contributed by atoms with Gasteiger partial charge in [0.25, 0.3) is 0 Å². The number of hydrogen-bond donors (Lipinski definition) is 3. The van der Waals surface area contributed by atoms with Gasteiger partial charge >= 0.3 is 0 Å². The lowest BCUT2D eigenvalue weighted by Gasteiger charge is -2.09. The minimum atomic E-state index is 0.560. The summed E-state index contributed by atoms with van der Waals surface area (Å²) >= 11 is 0. The van der Waals surface area contributed by atoms with Crippen LogP contribution in [0.1, 0.15) is 6.92 Å². The molecule has 0 saturated carbocycles. The third kappa shape index (κ3) is 2.71. The zero-order valence-corrected chi connectivity index (χ0v) is 11.8. The molecule has 2 heterocycles. The fourth-order valence-electron chi connectivity index (χ4n) is 1.98. The van der Waals surface area contributed by atoms with Crippen molar-refractivity contribution in [3.63, 3.8) is 0 Å². The van der Waals surface area contributed by atoms with Crippen LogP contribution in [0.15, 0.2) is 30.5 Å². The first-order valence-electron chi connectivity index (χ1n) is 6.66. The maximum absolute atomic E-state index is 5.15. The normalized spacial score (nSPS) is 10.6. The number of ether oxygens (including phenoxy) is 1. The smallest absolute Gasteiger partial charge is 0.226 e. The SMILES string of the molecule is CCNc1nc(Nc2ccc(OC)cc2)c2cn[nH]c2n1. The monoisotopic (exact) mass is 284 g/mol. The molecule has 2 aromatic heterocycles. The number of anilines is 3. The van der Waals surface area contributed by atoms with Crippen molar-refractivity contribution in [3.05, 3.63) is 30.5 Å². The van der Waals surface area contributed by atoms with Crippen molar-refractivity contribution in [2.24, 2.45) is 0 Å². The Labute approximate surface area is 121 Å². The predicted octanol–water partition coefficient (Wildman–Crippen LogP) is 2.54. The molecule has 0 bridgehead atoms. The lowest BCUT2D eigenvalue weighted by atomic mass is 10.3. The largest absolute Gasteiger partial charge is 0.497 e. The van der Waals surface area contributed by atoms with Gasteiger partial charge in [-0.3, -0.25) is 5.10 Å². The quantitative estimate of drug-likeness (QED) is 0.667. The maximum atomic E-state index is 5.15. The Bertz CT molecular complexity index is 737. The molecule has 108 valence electrons. The van der Waals surface area contributed by atoms with Crippen molar-refractivity contribution in [1.82, 2.24) is 20.2 Å². The number of aromatic nitrogens is 4. The zero-order valence-electron chi connectivity index (χ0n) is 11.8. The van der Waals surface area contributed by atoms with E-state index in [1.165, 1.54) is 0 Å². The zero-order chi connectivity index (χ0) is 14.7. The summed E-state index contributed by atoms with van der Waals surface area (Å²) in [6.45, 7) is 2.75. The molecule has 0 unspecified atom stereocenters. The maximum Gasteiger partial charge on any atom is 0.226 e. The molecule has 7 nitrogen and oxygen atoms in total. The first kappa shape index (κ1) is 13.2. The lowest BCUT2D eigenvalue weighted by molar-refractivity contribution is 0.415. The third-order valence-electron chi connectivity index (χ3n) is 3.00. The van der Waals surface area contributed by atoms with E-state index in [4.69, 9.17) is 4.74 Å². The highest BCUT2D eigenvalue weighted by Crippen LogP contribution is 2.24. The second-order valence-corrected chi connectivity index (χ2v) is 4.41. The van der Waals surface area contributed by atoms with E-state index in [1.54, 1.807) is 13.3 Å². The Morgan fingerprint density at radius 2 is 2.00 bits per heavy atom. The summed E-state index contributed by atoms with van der Waals surface area (Å²) in [6, 6.07) is 7.64. The first-order chi connectivity index (χ1) is 10.3. The standard InChI is InChI=1S/C14H16N6O/c1-3-15-14-18-12(11-8-16-20-13(11)19-14)17-9-4-6-10(21-2)7-5-9/h4-8H,3H2,1-2H3,(H3,15,16,17,18,19,20). The van der Waals surface area contributed by atoms with E-state index in [2.05, 4.69) is 30.8 Å². The van der Waals surface area contributed by atoms with Crippen molar-refractivity contribution in [3.8, 4) is 5.75 Å². The Kier molecular flexibility index (Phi) is 3.55. The molecule has 3 rings (SSSR count). The number of rotatable bonds is 5. The second kappa shape index (κ2) is 5.66. The van der Waals surface area contributed by atoms with Gasteiger partial charge in [-0.25, -0.2) is 0 Å². The van der Waals surface area contributed by atoms with Crippen LogP contribution in [-0.2, 0) is 0 Å². The molecule has 0 radical (unpaired) electrons. The van der Waals surface area contributed by atoms with Gasteiger partial charge in [-0.05, 0) is 31.2 Å². The van der Waals surface area contributed by atoms with E-state index in [0.29, 0.717) is 17.4 Å². The summed E-state index contributed by atoms with van der Waals surface area (Å²) in [6.07, 6.45) is 1.71. The van der Waals surface area contributed by atoms with E-state index >= 15 is 0 Å². The number of H-pyrrole nitrogens is 1. The summed E-state index contributed by atoms with van der Waals surface area (Å²) in [7, 11) is 1.64. The van der Waals surface area contributed by atoms with E-state index in [0.717, 1.165) is 23.4 Å². The number of nitrogens with one attached hydrogen (secondary N) is 3. The molecule has 0 aliphatic rings. The summed E-state index contributed by atoms with van der Waals surface area (Å²) in [5.41, 5.74) is 1.61. The van der Waals surface area contributed by atoms with E-state index in [1.807, 2.05) is 31.2 Å². The molecular formula is C14H16N6O. The van der Waals surface area contributed by atoms with Crippen LogP contribution in [0.5, 0.6) is 5.75 Å². The van der Waals surface area contributed by atoms with Crippen LogP contribution in [0.2, 0.25) is 0 Å². The van der Waals surface area contributed by atoms with Gasteiger partial charge in [-0.15, -0.1) is 0 Å². The van der Waals surface area contributed by atoms with Crippen LogP contribution in [0.25, 0.3) is 11.0 Å². The van der Waals surface area contributed by atoms with Crippen molar-refractivity contribution in [2.45, 2.75) is 6.92 Å². The van der Waals surface area contributed by atoms with Gasteiger partial charge < -0.3 is 15.4 Å². The highest BCUT2D eigenvalue weighted by Gasteiger charge is 2.09. The third-order valence-corrected chi connectivity index (χ3v) is 3.00. The second-order valence-electron chi connectivity index (χ2n) is 4.41. The van der Waals surface area contributed by atoms with Crippen LogP contribution in [-0.4, -0.2) is 33.8 Å². The van der Waals surface area contributed by atoms with E-state index in [9.17, 15) is 0 Å². The molecule has 0 atom stereocenters. The van der Waals surface area contributed by atoms with E-state index < -0.39 is 0 Å². The summed E-state index contributed by atoms with van der Waals surface area (Å²) < 4.78 is 5.15. The Morgan fingerprint density at radius 3 is 2.71 bits per heavy atom. The van der Waals surface area contributed by atoms with Gasteiger partial charge in [0.2, 0.25) is 5.95 Å². The Hall–Kier alpha value is -2.83. The molecule has 1 aromatic carbocycles.